The third kappa shape index (κ3) is 5.58. The van der Waals surface area contributed by atoms with E-state index in [1.54, 1.807) is 38.0 Å². The number of aliphatic imine (C=N–C) groups is 1. The van der Waals surface area contributed by atoms with Gasteiger partial charge in [-0.25, -0.2) is 14.8 Å². The fourth-order valence-electron chi connectivity index (χ4n) is 4.93. The largest absolute Gasteiger partial charge is 0.468 e. The van der Waals surface area contributed by atoms with Crippen molar-refractivity contribution in [3.05, 3.63) is 101 Å². The van der Waals surface area contributed by atoms with Crippen LogP contribution < -0.4 is 0 Å². The molecule has 0 amide bonds. The summed E-state index contributed by atoms with van der Waals surface area (Å²) in [6.07, 6.45) is 9.18. The number of methoxy groups -OCH3 is 1. The summed E-state index contributed by atoms with van der Waals surface area (Å²) in [6.45, 7) is 4.39. The first-order valence-corrected chi connectivity index (χ1v) is 13.4. The van der Waals surface area contributed by atoms with Crippen LogP contribution in [0.2, 0.25) is 0 Å². The van der Waals surface area contributed by atoms with Gasteiger partial charge in [0, 0.05) is 36.3 Å². The van der Waals surface area contributed by atoms with Crippen LogP contribution in [0.5, 0.6) is 0 Å². The van der Waals surface area contributed by atoms with Crippen molar-refractivity contribution in [1.29, 1.82) is 0 Å². The molecule has 4 aromatic rings. The topological polar surface area (TPSA) is 95.7 Å². The average molecular weight is 541 g/mol. The van der Waals surface area contributed by atoms with Crippen LogP contribution in [0.15, 0.2) is 89.0 Å². The zero-order chi connectivity index (χ0) is 27.4. The molecule has 8 nitrogen and oxygen atoms in total. The summed E-state index contributed by atoms with van der Waals surface area (Å²) in [6, 6.07) is 13.9. The van der Waals surface area contributed by atoms with Gasteiger partial charge in [0.15, 0.2) is 0 Å². The van der Waals surface area contributed by atoms with E-state index in [0.717, 1.165) is 33.5 Å². The van der Waals surface area contributed by atoms with E-state index in [1.807, 2.05) is 47.2 Å². The smallest absolute Gasteiger partial charge is 0.336 e. The lowest BCUT2D eigenvalue weighted by Gasteiger charge is -2.31. The number of nitrogens with zero attached hydrogens (tertiary/aromatic N) is 4. The molecule has 2 unspecified atom stereocenters. The number of hydrogen-bond donors (Lipinski definition) is 0. The highest BCUT2D eigenvalue weighted by molar-refractivity contribution is 7.17. The predicted molar refractivity (Wildman–Crippen MR) is 151 cm³/mol. The summed E-state index contributed by atoms with van der Waals surface area (Å²) in [5, 5.41) is 0. The molecule has 0 saturated carbocycles. The Morgan fingerprint density at radius 1 is 1.13 bits per heavy atom. The Balaban J connectivity index is 1.34. The molecule has 0 spiro atoms. The van der Waals surface area contributed by atoms with Gasteiger partial charge in [-0.2, -0.15) is 0 Å². The molecule has 198 valence electrons. The SMILES string of the molecule is COC(=O)C1C(C)=NC(C)=C(C(=O)OCC=Cc2ccc(Cn3ccnc3)cc2)C1c1cccc2ncsc12. The van der Waals surface area contributed by atoms with E-state index >= 15 is 0 Å². The number of imidazole rings is 1. The summed E-state index contributed by atoms with van der Waals surface area (Å²) in [4.78, 5) is 39.4. The van der Waals surface area contributed by atoms with Crippen LogP contribution in [0.3, 0.4) is 0 Å². The number of thiazole rings is 1. The van der Waals surface area contributed by atoms with Crippen molar-refractivity contribution in [2.24, 2.45) is 10.9 Å². The Kier molecular flexibility index (Phi) is 7.79. The molecule has 5 rings (SSSR count). The third-order valence-electron chi connectivity index (χ3n) is 6.75. The van der Waals surface area contributed by atoms with Gasteiger partial charge < -0.3 is 14.0 Å². The number of hydrogen-bond acceptors (Lipinski definition) is 8. The number of fused-ring (bicyclic) bond motifs is 1. The zero-order valence-corrected chi connectivity index (χ0v) is 22.7. The van der Waals surface area contributed by atoms with E-state index in [0.29, 0.717) is 17.0 Å². The summed E-state index contributed by atoms with van der Waals surface area (Å²) in [5.74, 6) is -2.30. The molecule has 0 bridgehead atoms. The molecule has 0 fully saturated rings. The van der Waals surface area contributed by atoms with Gasteiger partial charge in [0.05, 0.1) is 34.7 Å². The number of ether oxygens (including phenoxy) is 2. The standard InChI is InChI=1S/C30H28N4O4S/c1-19-25(29(35)37-3)27(23-7-4-8-24-28(23)39-18-32-24)26(20(2)33-19)30(36)38-15-5-6-21-9-11-22(12-10-21)16-34-14-13-31-17-34/h4-14,17-18,25,27H,15-16H2,1-3H3. The molecule has 0 saturated heterocycles. The quantitative estimate of drug-likeness (QED) is 0.277. The maximum absolute atomic E-state index is 13.5. The highest BCUT2D eigenvalue weighted by atomic mass is 32.1. The Morgan fingerprint density at radius 3 is 2.69 bits per heavy atom. The molecule has 2 atom stereocenters. The van der Waals surface area contributed by atoms with Crippen LogP contribution in [-0.4, -0.2) is 45.9 Å². The molecular formula is C30H28N4O4S. The zero-order valence-electron chi connectivity index (χ0n) is 21.9. The maximum Gasteiger partial charge on any atom is 0.336 e. The second-order valence-corrected chi connectivity index (χ2v) is 10.1. The molecule has 2 aromatic heterocycles. The average Bonchev–Trinajstić information content (AvgIpc) is 3.63. The van der Waals surface area contributed by atoms with E-state index in [1.165, 1.54) is 18.4 Å². The van der Waals surface area contributed by atoms with Crippen molar-refractivity contribution in [3.63, 3.8) is 0 Å². The second-order valence-electron chi connectivity index (χ2n) is 9.26. The lowest BCUT2D eigenvalue weighted by molar-refractivity contribution is -0.143. The molecule has 0 N–H and O–H groups in total. The van der Waals surface area contributed by atoms with E-state index in [4.69, 9.17) is 9.47 Å². The lowest BCUT2D eigenvalue weighted by atomic mass is 9.75. The second kappa shape index (κ2) is 11.6. The Bertz CT molecular complexity index is 1580. The minimum Gasteiger partial charge on any atom is -0.468 e. The summed E-state index contributed by atoms with van der Waals surface area (Å²) >= 11 is 1.47. The summed E-state index contributed by atoms with van der Waals surface area (Å²) in [5.41, 5.74) is 7.04. The minimum atomic E-state index is -0.745. The van der Waals surface area contributed by atoms with Crippen LogP contribution in [0, 0.1) is 5.92 Å². The molecule has 0 radical (unpaired) electrons. The summed E-state index contributed by atoms with van der Waals surface area (Å²) < 4.78 is 13.7. The van der Waals surface area contributed by atoms with Gasteiger partial charge in [0.2, 0.25) is 0 Å². The predicted octanol–water partition coefficient (Wildman–Crippen LogP) is 5.42. The first-order chi connectivity index (χ1) is 19.0. The number of carbonyl (C=O) groups is 2. The van der Waals surface area contributed by atoms with Crippen LogP contribution >= 0.6 is 11.3 Å². The van der Waals surface area contributed by atoms with Gasteiger partial charge in [-0.15, -0.1) is 11.3 Å². The van der Waals surface area contributed by atoms with E-state index in [-0.39, 0.29) is 6.61 Å². The normalized spacial score (nSPS) is 17.5. The van der Waals surface area contributed by atoms with E-state index in [9.17, 15) is 9.59 Å². The van der Waals surface area contributed by atoms with Gasteiger partial charge in [0.1, 0.15) is 12.5 Å². The number of benzene rings is 2. The molecule has 1 aliphatic heterocycles. The third-order valence-corrected chi connectivity index (χ3v) is 7.64. The number of rotatable bonds is 8. The highest BCUT2D eigenvalue weighted by Gasteiger charge is 2.43. The summed E-state index contributed by atoms with van der Waals surface area (Å²) in [7, 11) is 1.35. The van der Waals surface area contributed by atoms with Crippen molar-refractivity contribution < 1.29 is 19.1 Å². The van der Waals surface area contributed by atoms with E-state index in [2.05, 4.69) is 27.1 Å². The minimum absolute atomic E-state index is 0.0788. The Morgan fingerprint density at radius 2 is 1.95 bits per heavy atom. The first-order valence-electron chi connectivity index (χ1n) is 12.5. The van der Waals surface area contributed by atoms with Crippen LogP contribution in [0.4, 0.5) is 0 Å². The van der Waals surface area contributed by atoms with Gasteiger partial charge in [0.25, 0.3) is 0 Å². The van der Waals surface area contributed by atoms with Crippen molar-refractivity contribution in [2.75, 3.05) is 13.7 Å². The molecular weight excluding hydrogens is 512 g/mol. The van der Waals surface area contributed by atoms with Crippen LogP contribution in [0.25, 0.3) is 16.3 Å². The van der Waals surface area contributed by atoms with Crippen molar-refractivity contribution >= 4 is 45.3 Å². The fourth-order valence-corrected chi connectivity index (χ4v) is 5.78. The monoisotopic (exact) mass is 540 g/mol. The lowest BCUT2D eigenvalue weighted by Crippen LogP contribution is -2.36. The van der Waals surface area contributed by atoms with Gasteiger partial charge in [-0.1, -0.05) is 42.5 Å². The van der Waals surface area contributed by atoms with Gasteiger partial charge in [-0.05, 0) is 42.7 Å². The van der Waals surface area contributed by atoms with Crippen molar-refractivity contribution in [3.8, 4) is 0 Å². The Hall–Kier alpha value is -4.37. The number of esters is 2. The number of aromatic nitrogens is 3. The first kappa shape index (κ1) is 26.2. The molecule has 0 aliphatic carbocycles. The molecule has 9 heteroatoms. The molecule has 39 heavy (non-hydrogen) atoms. The van der Waals surface area contributed by atoms with Crippen molar-refractivity contribution in [2.45, 2.75) is 26.3 Å². The van der Waals surface area contributed by atoms with Gasteiger partial charge >= 0.3 is 11.9 Å². The number of allylic oxidation sites excluding steroid dienone is 1. The van der Waals surface area contributed by atoms with E-state index < -0.39 is 23.8 Å². The highest BCUT2D eigenvalue weighted by Crippen LogP contribution is 2.43. The van der Waals surface area contributed by atoms with Crippen molar-refractivity contribution in [1.82, 2.24) is 14.5 Å². The molecule has 3 heterocycles. The Labute approximate surface area is 230 Å². The molecule has 1 aliphatic rings. The van der Waals surface area contributed by atoms with Crippen LogP contribution in [0.1, 0.15) is 36.5 Å². The van der Waals surface area contributed by atoms with Crippen LogP contribution in [-0.2, 0) is 25.6 Å². The fraction of sp³-hybridized carbons (Fsp3) is 0.233. The maximum atomic E-state index is 13.5. The van der Waals surface area contributed by atoms with Gasteiger partial charge in [-0.3, -0.25) is 9.79 Å². The molecule has 2 aromatic carbocycles. The number of carbonyl (C=O) groups excluding carboxylic acids is 2.